The van der Waals surface area contributed by atoms with E-state index in [9.17, 15) is 0 Å². The second-order valence-corrected chi connectivity index (χ2v) is 6.61. The lowest BCUT2D eigenvalue weighted by atomic mass is 9.89. The maximum Gasteiger partial charge on any atom is 0.168 e. The van der Waals surface area contributed by atoms with Gasteiger partial charge in [-0.25, -0.2) is 0 Å². The minimum absolute atomic E-state index is 0.195. The van der Waals surface area contributed by atoms with Crippen LogP contribution in [0.3, 0.4) is 0 Å². The molecule has 3 nitrogen and oxygen atoms in total. The van der Waals surface area contributed by atoms with E-state index in [1.165, 1.54) is 37.2 Å². The summed E-state index contributed by atoms with van der Waals surface area (Å²) in [5, 5.41) is 3.83. The third kappa shape index (κ3) is 2.98. The fourth-order valence-electron chi connectivity index (χ4n) is 3.22. The highest BCUT2D eigenvalue weighted by atomic mass is 32.2. The van der Waals surface area contributed by atoms with Gasteiger partial charge in [0.2, 0.25) is 0 Å². The Bertz CT molecular complexity index is 240. The molecule has 2 heterocycles. The second kappa shape index (κ2) is 5.47. The molecule has 98 valence electrons. The average Bonchev–Trinajstić information content (AvgIpc) is 2.83. The van der Waals surface area contributed by atoms with Crippen LogP contribution in [0.4, 0.5) is 0 Å². The van der Waals surface area contributed by atoms with Crippen molar-refractivity contribution in [2.24, 2.45) is 0 Å². The zero-order valence-electron chi connectivity index (χ0n) is 10.5. The van der Waals surface area contributed by atoms with Crippen LogP contribution in [0.25, 0.3) is 0 Å². The normalized spacial score (nSPS) is 34.2. The van der Waals surface area contributed by atoms with Crippen LogP contribution in [0.1, 0.15) is 38.5 Å². The smallest absolute Gasteiger partial charge is 0.168 e. The number of hydrogen-bond acceptors (Lipinski definition) is 4. The molecular weight excluding hydrogens is 234 g/mol. The number of nitrogens with one attached hydrogen (secondary N) is 1. The minimum atomic E-state index is -0.195. The van der Waals surface area contributed by atoms with E-state index in [-0.39, 0.29) is 5.79 Å². The summed E-state index contributed by atoms with van der Waals surface area (Å²) in [6.07, 6.45) is 7.31. The van der Waals surface area contributed by atoms with Crippen molar-refractivity contribution in [1.82, 2.24) is 5.32 Å². The highest BCUT2D eigenvalue weighted by molar-refractivity contribution is 7.99. The Morgan fingerprint density at radius 3 is 2.41 bits per heavy atom. The molecule has 0 radical (unpaired) electrons. The third-order valence-corrected chi connectivity index (χ3v) is 5.41. The fraction of sp³-hybridized carbons (Fsp3) is 1.00. The Kier molecular flexibility index (Phi) is 3.95. The molecule has 3 fully saturated rings. The highest BCUT2D eigenvalue weighted by Gasteiger charge is 2.40. The van der Waals surface area contributed by atoms with Gasteiger partial charge in [-0.05, 0) is 31.4 Å². The maximum atomic E-state index is 5.77. The van der Waals surface area contributed by atoms with Gasteiger partial charge in [0.15, 0.2) is 5.79 Å². The molecule has 2 saturated heterocycles. The van der Waals surface area contributed by atoms with Gasteiger partial charge in [0.25, 0.3) is 0 Å². The monoisotopic (exact) mass is 257 g/mol. The minimum Gasteiger partial charge on any atom is -0.348 e. The van der Waals surface area contributed by atoms with E-state index in [1.807, 2.05) is 0 Å². The number of hydrogen-bond donors (Lipinski definition) is 1. The number of rotatable bonds is 2. The molecular formula is C13H23NO2S. The quantitative estimate of drug-likeness (QED) is 0.821. The lowest BCUT2D eigenvalue weighted by Gasteiger charge is -2.37. The first kappa shape index (κ1) is 12.3. The molecule has 1 atom stereocenters. The first-order valence-electron chi connectivity index (χ1n) is 6.98. The van der Waals surface area contributed by atoms with Gasteiger partial charge in [0, 0.05) is 30.7 Å². The Balaban J connectivity index is 1.44. The lowest BCUT2D eigenvalue weighted by molar-refractivity contribution is -0.179. The van der Waals surface area contributed by atoms with Crippen molar-refractivity contribution in [2.75, 3.05) is 24.7 Å². The Morgan fingerprint density at radius 1 is 1.00 bits per heavy atom. The molecule has 1 spiro atoms. The first-order valence-corrected chi connectivity index (χ1v) is 8.14. The molecule has 2 aliphatic heterocycles. The number of ether oxygens (including phenoxy) is 2. The van der Waals surface area contributed by atoms with E-state index < -0.39 is 0 Å². The molecule has 0 aromatic rings. The van der Waals surface area contributed by atoms with Crippen molar-refractivity contribution in [3.8, 4) is 0 Å². The van der Waals surface area contributed by atoms with Crippen molar-refractivity contribution in [1.29, 1.82) is 0 Å². The summed E-state index contributed by atoms with van der Waals surface area (Å²) in [7, 11) is 0. The van der Waals surface area contributed by atoms with Crippen LogP contribution in [0.5, 0.6) is 0 Å². The zero-order valence-corrected chi connectivity index (χ0v) is 11.3. The standard InChI is InChI=1S/C13H23NO2S/c1-2-12(10-17-9-1)14-11-3-5-13(6-4-11)15-7-8-16-13/h11-12,14H,1-10H2. The SMILES string of the molecule is C1CSCC(NC2CCC3(CC2)OCCO3)C1. The molecule has 1 unspecified atom stereocenters. The molecule has 0 bridgehead atoms. The van der Waals surface area contributed by atoms with Gasteiger partial charge < -0.3 is 14.8 Å². The molecule has 1 aliphatic carbocycles. The summed E-state index contributed by atoms with van der Waals surface area (Å²) in [5.74, 6) is 2.46. The second-order valence-electron chi connectivity index (χ2n) is 5.46. The average molecular weight is 257 g/mol. The molecule has 4 heteroatoms. The van der Waals surface area contributed by atoms with Crippen LogP contribution in [0.15, 0.2) is 0 Å². The molecule has 0 aromatic heterocycles. The van der Waals surface area contributed by atoms with E-state index in [4.69, 9.17) is 9.47 Å². The van der Waals surface area contributed by atoms with Gasteiger partial charge in [-0.3, -0.25) is 0 Å². The van der Waals surface area contributed by atoms with Gasteiger partial charge in [0.05, 0.1) is 13.2 Å². The van der Waals surface area contributed by atoms with Gasteiger partial charge in [-0.2, -0.15) is 11.8 Å². The van der Waals surface area contributed by atoms with E-state index in [0.717, 1.165) is 32.1 Å². The van der Waals surface area contributed by atoms with Crippen molar-refractivity contribution >= 4 is 11.8 Å². The van der Waals surface area contributed by atoms with Gasteiger partial charge >= 0.3 is 0 Å². The topological polar surface area (TPSA) is 30.5 Å². The summed E-state index contributed by atoms with van der Waals surface area (Å²) in [6.45, 7) is 1.58. The predicted octanol–water partition coefficient (Wildman–Crippen LogP) is 2.16. The molecule has 3 aliphatic rings. The van der Waals surface area contributed by atoms with Crippen LogP contribution in [-0.2, 0) is 9.47 Å². The molecule has 0 amide bonds. The number of thioether (sulfide) groups is 1. The van der Waals surface area contributed by atoms with E-state index in [0.29, 0.717) is 6.04 Å². The molecule has 1 N–H and O–H groups in total. The van der Waals surface area contributed by atoms with Crippen LogP contribution in [0.2, 0.25) is 0 Å². The van der Waals surface area contributed by atoms with Gasteiger partial charge in [0.1, 0.15) is 0 Å². The largest absolute Gasteiger partial charge is 0.348 e. The van der Waals surface area contributed by atoms with Crippen molar-refractivity contribution in [2.45, 2.75) is 56.4 Å². The van der Waals surface area contributed by atoms with E-state index >= 15 is 0 Å². The molecule has 0 aromatic carbocycles. The van der Waals surface area contributed by atoms with Crippen LogP contribution >= 0.6 is 11.8 Å². The highest BCUT2D eigenvalue weighted by Crippen LogP contribution is 2.36. The Morgan fingerprint density at radius 2 is 1.76 bits per heavy atom. The summed E-state index contributed by atoms with van der Waals surface area (Å²) in [6, 6.07) is 1.44. The summed E-state index contributed by atoms with van der Waals surface area (Å²) < 4.78 is 11.5. The van der Waals surface area contributed by atoms with Crippen LogP contribution in [0, 0.1) is 0 Å². The zero-order chi connectivity index (χ0) is 11.6. The van der Waals surface area contributed by atoms with Crippen LogP contribution < -0.4 is 5.32 Å². The van der Waals surface area contributed by atoms with E-state index in [2.05, 4.69) is 17.1 Å². The van der Waals surface area contributed by atoms with Gasteiger partial charge in [-0.1, -0.05) is 0 Å². The van der Waals surface area contributed by atoms with Crippen molar-refractivity contribution in [3.63, 3.8) is 0 Å². The molecule has 1 saturated carbocycles. The fourth-order valence-corrected chi connectivity index (χ4v) is 4.30. The van der Waals surface area contributed by atoms with Crippen molar-refractivity contribution in [3.05, 3.63) is 0 Å². The molecule has 3 rings (SSSR count). The first-order chi connectivity index (χ1) is 8.36. The lowest BCUT2D eigenvalue weighted by Crippen LogP contribution is -2.46. The summed E-state index contributed by atoms with van der Waals surface area (Å²) >= 11 is 2.10. The van der Waals surface area contributed by atoms with Gasteiger partial charge in [-0.15, -0.1) is 0 Å². The van der Waals surface area contributed by atoms with Crippen LogP contribution in [-0.4, -0.2) is 42.6 Å². The predicted molar refractivity (Wildman–Crippen MR) is 70.4 cm³/mol. The molecule has 17 heavy (non-hydrogen) atoms. The van der Waals surface area contributed by atoms with Crippen molar-refractivity contribution < 1.29 is 9.47 Å². The Hall–Kier alpha value is 0.230. The Labute approximate surface area is 108 Å². The maximum absolute atomic E-state index is 5.77. The van der Waals surface area contributed by atoms with E-state index in [1.54, 1.807) is 0 Å². The summed E-state index contributed by atoms with van der Waals surface area (Å²) in [5.41, 5.74) is 0. The third-order valence-electron chi connectivity index (χ3n) is 4.19. The summed E-state index contributed by atoms with van der Waals surface area (Å²) in [4.78, 5) is 0.